The van der Waals surface area contributed by atoms with Gasteiger partial charge in [-0.15, -0.1) is 0 Å². The number of nitrogens with zero attached hydrogens (tertiary/aromatic N) is 3. The monoisotopic (exact) mass is 485 g/mol. The van der Waals surface area contributed by atoms with Crippen LogP contribution in [0.25, 0.3) is 0 Å². The number of carbonyl (C=O) groups excluding carboxylic acids is 1. The van der Waals surface area contributed by atoms with Gasteiger partial charge in [0.1, 0.15) is 4.90 Å². The van der Waals surface area contributed by atoms with Crippen LogP contribution in [0.15, 0.2) is 41.4 Å². The summed E-state index contributed by atoms with van der Waals surface area (Å²) in [7, 11) is -3.71. The number of hydrogen-bond acceptors (Lipinski definition) is 6. The minimum atomic E-state index is -3.71. The standard InChI is InChI=1S/C24H31N5O4S/c25-24(30)29-9-7-17(8-10-29)16-33-22-12-26-21(11-23(22)34(31,32)27-20-5-6-20)15-28-13-18-3-1-2-4-19(18)14-28/h1-4,11-12,17,20,27H,5-10,13-16H2,(H2,25,30). The van der Waals surface area contributed by atoms with Crippen molar-refractivity contribution in [3.05, 3.63) is 53.3 Å². The third-order valence-electron chi connectivity index (χ3n) is 6.77. The highest BCUT2D eigenvalue weighted by Crippen LogP contribution is 2.30. The Hall–Kier alpha value is -2.69. The number of carbonyl (C=O) groups is 1. The molecule has 2 amide bonds. The third kappa shape index (κ3) is 5.34. The second-order valence-electron chi connectivity index (χ2n) is 9.51. The van der Waals surface area contributed by atoms with E-state index >= 15 is 0 Å². The molecule has 9 nitrogen and oxygen atoms in total. The first kappa shape index (κ1) is 23.1. The average molecular weight is 486 g/mol. The summed E-state index contributed by atoms with van der Waals surface area (Å²) in [5.41, 5.74) is 8.66. The van der Waals surface area contributed by atoms with E-state index in [0.717, 1.165) is 38.8 Å². The summed E-state index contributed by atoms with van der Waals surface area (Å²) in [6.45, 7) is 3.76. The number of primary amides is 1. The molecule has 0 bridgehead atoms. The summed E-state index contributed by atoms with van der Waals surface area (Å²) in [6.07, 6.45) is 4.80. The third-order valence-corrected chi connectivity index (χ3v) is 8.31. The van der Waals surface area contributed by atoms with Gasteiger partial charge in [-0.05, 0) is 48.8 Å². The van der Waals surface area contributed by atoms with Crippen molar-refractivity contribution in [1.82, 2.24) is 19.5 Å². The first-order valence-electron chi connectivity index (χ1n) is 11.8. The van der Waals surface area contributed by atoms with Gasteiger partial charge in [0.2, 0.25) is 10.0 Å². The van der Waals surface area contributed by atoms with E-state index in [2.05, 4.69) is 26.7 Å². The van der Waals surface area contributed by atoms with Crippen LogP contribution in [0.4, 0.5) is 4.79 Å². The number of hydrogen-bond donors (Lipinski definition) is 2. The van der Waals surface area contributed by atoms with Gasteiger partial charge in [0.15, 0.2) is 5.75 Å². The molecule has 10 heteroatoms. The van der Waals surface area contributed by atoms with E-state index in [1.54, 1.807) is 17.2 Å². The van der Waals surface area contributed by atoms with E-state index in [1.165, 1.54) is 11.1 Å². The number of aromatic nitrogens is 1. The number of likely N-dealkylation sites (tertiary alicyclic amines) is 1. The predicted molar refractivity (Wildman–Crippen MR) is 126 cm³/mol. The molecular formula is C24H31N5O4S. The maximum absolute atomic E-state index is 13.1. The van der Waals surface area contributed by atoms with Crippen LogP contribution in [-0.4, -0.2) is 55.0 Å². The molecule has 1 aromatic carbocycles. The number of benzene rings is 1. The number of fused-ring (bicyclic) bond motifs is 1. The number of rotatable bonds is 8. The minimum absolute atomic E-state index is 0.000624. The molecule has 2 aliphatic heterocycles. The summed E-state index contributed by atoms with van der Waals surface area (Å²) >= 11 is 0. The van der Waals surface area contributed by atoms with Gasteiger partial charge in [-0.3, -0.25) is 9.88 Å². The highest BCUT2D eigenvalue weighted by Gasteiger charge is 2.31. The fraction of sp³-hybridized carbons (Fsp3) is 0.500. The predicted octanol–water partition coefficient (Wildman–Crippen LogP) is 2.21. The van der Waals surface area contributed by atoms with Crippen LogP contribution in [0.5, 0.6) is 5.75 Å². The maximum atomic E-state index is 13.1. The first-order valence-corrected chi connectivity index (χ1v) is 13.3. The van der Waals surface area contributed by atoms with Crippen LogP contribution in [0.3, 0.4) is 0 Å². The Balaban J connectivity index is 1.29. The van der Waals surface area contributed by atoms with Crippen LogP contribution in [0.2, 0.25) is 0 Å². The topological polar surface area (TPSA) is 118 Å². The highest BCUT2D eigenvalue weighted by molar-refractivity contribution is 7.89. The summed E-state index contributed by atoms with van der Waals surface area (Å²) in [6, 6.07) is 9.59. The first-order chi connectivity index (χ1) is 16.4. The SMILES string of the molecule is NC(=O)N1CCC(COc2cnc(CN3Cc4ccccc4C3)cc2S(=O)(=O)NC2CC2)CC1. The number of amides is 2. The van der Waals surface area contributed by atoms with Gasteiger partial charge < -0.3 is 15.4 Å². The van der Waals surface area contributed by atoms with Gasteiger partial charge in [0.05, 0.1) is 18.5 Å². The van der Waals surface area contributed by atoms with Crippen molar-refractivity contribution in [2.45, 2.75) is 56.3 Å². The van der Waals surface area contributed by atoms with E-state index in [4.69, 9.17) is 10.5 Å². The van der Waals surface area contributed by atoms with E-state index < -0.39 is 16.1 Å². The zero-order valence-corrected chi connectivity index (χ0v) is 20.0. The zero-order chi connectivity index (χ0) is 23.7. The van der Waals surface area contributed by atoms with Crippen molar-refractivity contribution in [1.29, 1.82) is 0 Å². The highest BCUT2D eigenvalue weighted by atomic mass is 32.2. The lowest BCUT2D eigenvalue weighted by atomic mass is 9.98. The van der Waals surface area contributed by atoms with Crippen molar-refractivity contribution in [2.24, 2.45) is 11.7 Å². The summed E-state index contributed by atoms with van der Waals surface area (Å²) < 4.78 is 35.1. The van der Waals surface area contributed by atoms with Crippen molar-refractivity contribution in [2.75, 3.05) is 19.7 Å². The molecule has 0 unspecified atom stereocenters. The van der Waals surface area contributed by atoms with E-state index in [9.17, 15) is 13.2 Å². The van der Waals surface area contributed by atoms with Crippen molar-refractivity contribution in [3.63, 3.8) is 0 Å². The van der Waals surface area contributed by atoms with Crippen LogP contribution in [-0.2, 0) is 29.7 Å². The van der Waals surface area contributed by atoms with E-state index in [1.807, 2.05) is 12.1 Å². The normalized spacial score (nSPS) is 19.2. The Morgan fingerprint density at radius 2 is 1.79 bits per heavy atom. The molecule has 2 aromatic rings. The van der Waals surface area contributed by atoms with Gasteiger partial charge in [0, 0.05) is 38.8 Å². The summed E-state index contributed by atoms with van der Waals surface area (Å²) in [4.78, 5) is 19.9. The molecule has 0 spiro atoms. The molecule has 1 saturated carbocycles. The van der Waals surface area contributed by atoms with Gasteiger partial charge in [-0.2, -0.15) is 0 Å². The van der Waals surface area contributed by atoms with Crippen molar-refractivity contribution < 1.29 is 17.9 Å². The molecule has 3 N–H and O–H groups in total. The van der Waals surface area contributed by atoms with Crippen molar-refractivity contribution in [3.8, 4) is 5.75 Å². The number of sulfonamides is 1. The molecular weight excluding hydrogens is 454 g/mol. The molecule has 5 rings (SSSR count). The second-order valence-corrected chi connectivity index (χ2v) is 11.2. The Kier molecular flexibility index (Phi) is 6.46. The fourth-order valence-electron chi connectivity index (χ4n) is 4.63. The van der Waals surface area contributed by atoms with Crippen molar-refractivity contribution >= 4 is 16.1 Å². The molecule has 2 fully saturated rings. The molecule has 182 valence electrons. The molecule has 0 atom stereocenters. The number of piperidine rings is 1. The minimum Gasteiger partial charge on any atom is -0.490 e. The molecule has 34 heavy (non-hydrogen) atoms. The molecule has 0 radical (unpaired) electrons. The number of pyridine rings is 1. The molecule has 3 heterocycles. The lowest BCUT2D eigenvalue weighted by Crippen LogP contribution is -2.42. The smallest absolute Gasteiger partial charge is 0.314 e. The molecule has 1 aliphatic carbocycles. The quantitative estimate of drug-likeness (QED) is 0.592. The molecule has 3 aliphatic rings. The molecule has 1 aromatic heterocycles. The van der Waals surface area contributed by atoms with Crippen LogP contribution in [0, 0.1) is 5.92 Å². The average Bonchev–Trinajstić information content (AvgIpc) is 3.53. The molecule has 1 saturated heterocycles. The van der Waals surface area contributed by atoms with Gasteiger partial charge >= 0.3 is 6.03 Å². The number of ether oxygens (including phenoxy) is 1. The maximum Gasteiger partial charge on any atom is 0.314 e. The van der Waals surface area contributed by atoms with E-state index in [-0.39, 0.29) is 22.6 Å². The van der Waals surface area contributed by atoms with Gasteiger partial charge in [0.25, 0.3) is 0 Å². The fourth-order valence-corrected chi connectivity index (χ4v) is 6.10. The summed E-state index contributed by atoms with van der Waals surface area (Å²) in [5.74, 6) is 0.504. The van der Waals surface area contributed by atoms with Crippen LogP contribution in [0.1, 0.15) is 42.5 Å². The van der Waals surface area contributed by atoms with E-state index in [0.29, 0.717) is 31.9 Å². The summed E-state index contributed by atoms with van der Waals surface area (Å²) in [5, 5.41) is 0. The number of urea groups is 1. The largest absolute Gasteiger partial charge is 0.490 e. The Bertz CT molecular complexity index is 1130. The van der Waals surface area contributed by atoms with Crippen LogP contribution >= 0.6 is 0 Å². The Morgan fingerprint density at radius 3 is 2.41 bits per heavy atom. The van der Waals surface area contributed by atoms with Crippen LogP contribution < -0.4 is 15.2 Å². The number of nitrogens with two attached hydrogens (primary N) is 1. The number of nitrogens with one attached hydrogen (secondary N) is 1. The van der Waals surface area contributed by atoms with Gasteiger partial charge in [-0.25, -0.2) is 17.9 Å². The Morgan fingerprint density at radius 1 is 1.12 bits per heavy atom. The lowest BCUT2D eigenvalue weighted by molar-refractivity contribution is 0.149. The lowest BCUT2D eigenvalue weighted by Gasteiger charge is -2.30. The second kappa shape index (κ2) is 9.52. The zero-order valence-electron chi connectivity index (χ0n) is 19.2. The Labute approximate surface area is 200 Å². The van der Waals surface area contributed by atoms with Gasteiger partial charge in [-0.1, -0.05) is 24.3 Å².